The summed E-state index contributed by atoms with van der Waals surface area (Å²) in [6, 6.07) is 7.58. The van der Waals surface area contributed by atoms with Gasteiger partial charge in [-0.05, 0) is 55.7 Å². The van der Waals surface area contributed by atoms with E-state index in [0.717, 1.165) is 25.0 Å². The van der Waals surface area contributed by atoms with Crippen LogP contribution < -0.4 is 0 Å². The maximum atomic E-state index is 5.74. The number of aromatic nitrogens is 1. The van der Waals surface area contributed by atoms with Crippen LogP contribution in [0.25, 0.3) is 10.9 Å². The van der Waals surface area contributed by atoms with Crippen molar-refractivity contribution in [3.05, 3.63) is 35.0 Å². The number of nitrogens with zero attached hydrogens (tertiary/aromatic N) is 2. The summed E-state index contributed by atoms with van der Waals surface area (Å²) in [6.07, 6.45) is 3.78. The van der Waals surface area contributed by atoms with Gasteiger partial charge in [0.15, 0.2) is 0 Å². The van der Waals surface area contributed by atoms with E-state index in [1.165, 1.54) is 48.8 Å². The zero-order chi connectivity index (χ0) is 15.6. The monoisotopic (exact) mass is 310 g/mol. The highest BCUT2D eigenvalue weighted by Crippen LogP contribution is 2.45. The number of benzene rings is 1. The van der Waals surface area contributed by atoms with Gasteiger partial charge in [0.1, 0.15) is 0 Å². The minimum Gasteiger partial charge on any atom is -0.381 e. The van der Waals surface area contributed by atoms with Crippen molar-refractivity contribution in [2.45, 2.75) is 32.2 Å². The molecule has 0 spiro atoms. The van der Waals surface area contributed by atoms with E-state index in [9.17, 15) is 0 Å². The van der Waals surface area contributed by atoms with E-state index < -0.39 is 0 Å². The number of aryl methyl sites for hydroxylation is 2. The van der Waals surface area contributed by atoms with E-state index in [-0.39, 0.29) is 0 Å². The number of ether oxygens (including phenoxy) is 1. The second-order valence-electron chi connectivity index (χ2n) is 7.82. The van der Waals surface area contributed by atoms with Crippen LogP contribution in [-0.2, 0) is 18.2 Å². The molecule has 5 rings (SSSR count). The zero-order valence-electron chi connectivity index (χ0n) is 14.2. The van der Waals surface area contributed by atoms with Crippen LogP contribution in [-0.4, -0.2) is 35.8 Å². The Labute approximate surface area is 138 Å². The summed E-state index contributed by atoms with van der Waals surface area (Å²) in [5.41, 5.74) is 6.01. The van der Waals surface area contributed by atoms with Crippen molar-refractivity contribution in [1.29, 1.82) is 0 Å². The Morgan fingerprint density at radius 3 is 3.04 bits per heavy atom. The summed E-state index contributed by atoms with van der Waals surface area (Å²) in [4.78, 5) is 2.74. The maximum absolute atomic E-state index is 5.74. The highest BCUT2D eigenvalue weighted by Gasteiger charge is 2.41. The van der Waals surface area contributed by atoms with Crippen molar-refractivity contribution in [1.82, 2.24) is 9.47 Å². The van der Waals surface area contributed by atoms with Gasteiger partial charge >= 0.3 is 0 Å². The van der Waals surface area contributed by atoms with Crippen LogP contribution in [0.4, 0.5) is 0 Å². The molecule has 0 aliphatic carbocycles. The summed E-state index contributed by atoms with van der Waals surface area (Å²) >= 11 is 0. The molecule has 0 radical (unpaired) electrons. The van der Waals surface area contributed by atoms with E-state index in [2.05, 4.69) is 41.6 Å². The molecule has 1 aromatic carbocycles. The predicted molar refractivity (Wildman–Crippen MR) is 92.7 cm³/mol. The lowest BCUT2D eigenvalue weighted by molar-refractivity contribution is -0.0479. The molecule has 0 saturated carbocycles. The van der Waals surface area contributed by atoms with Crippen LogP contribution in [0.1, 0.15) is 35.7 Å². The molecule has 2 aromatic rings. The lowest BCUT2D eigenvalue weighted by Gasteiger charge is -2.48. The van der Waals surface area contributed by atoms with Crippen LogP contribution in [0.3, 0.4) is 0 Å². The maximum Gasteiger partial charge on any atom is 0.0509 e. The number of fused-ring (bicyclic) bond motifs is 6. The first-order valence-corrected chi connectivity index (χ1v) is 9.12. The van der Waals surface area contributed by atoms with Crippen LogP contribution in [0.5, 0.6) is 0 Å². The van der Waals surface area contributed by atoms with Gasteiger partial charge in [-0.1, -0.05) is 11.6 Å². The summed E-state index contributed by atoms with van der Waals surface area (Å²) < 4.78 is 8.23. The summed E-state index contributed by atoms with van der Waals surface area (Å²) in [5, 5.41) is 1.50. The predicted octanol–water partition coefficient (Wildman–Crippen LogP) is 3.44. The minimum atomic E-state index is 0.621. The normalized spacial score (nSPS) is 30.8. The van der Waals surface area contributed by atoms with E-state index in [0.29, 0.717) is 6.04 Å². The van der Waals surface area contributed by atoms with Crippen molar-refractivity contribution in [2.24, 2.45) is 18.9 Å². The number of hydrogen-bond donors (Lipinski definition) is 0. The molecule has 0 unspecified atom stereocenters. The molecule has 0 amide bonds. The molecule has 122 valence electrons. The van der Waals surface area contributed by atoms with Gasteiger partial charge in [-0.25, -0.2) is 0 Å². The fraction of sp³-hybridized carbons (Fsp3) is 0.600. The third-order valence-corrected chi connectivity index (χ3v) is 6.54. The van der Waals surface area contributed by atoms with Crippen molar-refractivity contribution < 1.29 is 4.74 Å². The van der Waals surface area contributed by atoms with Gasteiger partial charge in [0.25, 0.3) is 0 Å². The Balaban J connectivity index is 1.61. The van der Waals surface area contributed by atoms with E-state index in [4.69, 9.17) is 4.74 Å². The molecule has 0 N–H and O–H groups in total. The molecule has 2 saturated heterocycles. The standard InChI is InChI=1S/C20H26N2O/c1-13-3-4-18-17(9-13)16-5-7-22-11-15-12-23-8-6-14(15)10-19(22)20(16)21(18)2/h3-4,9,14-15,19H,5-8,10-12H2,1-2H3/t14-,15+,19-/m0/s1. The zero-order valence-corrected chi connectivity index (χ0v) is 14.2. The molecule has 3 atom stereocenters. The number of piperidine rings is 1. The minimum absolute atomic E-state index is 0.621. The highest BCUT2D eigenvalue weighted by molar-refractivity contribution is 5.86. The van der Waals surface area contributed by atoms with Crippen LogP contribution in [0.2, 0.25) is 0 Å². The molecule has 1 aromatic heterocycles. The molecule has 3 aliphatic rings. The largest absolute Gasteiger partial charge is 0.381 e. The lowest BCUT2D eigenvalue weighted by Crippen LogP contribution is -2.49. The molecular formula is C20H26N2O. The molecule has 0 bridgehead atoms. The van der Waals surface area contributed by atoms with E-state index in [1.54, 1.807) is 11.3 Å². The summed E-state index contributed by atoms with van der Waals surface area (Å²) in [5.74, 6) is 1.62. The second-order valence-corrected chi connectivity index (χ2v) is 7.82. The Hall–Kier alpha value is -1.32. The topological polar surface area (TPSA) is 17.4 Å². The fourth-order valence-corrected chi connectivity index (χ4v) is 5.35. The van der Waals surface area contributed by atoms with Crippen LogP contribution >= 0.6 is 0 Å². The van der Waals surface area contributed by atoms with Gasteiger partial charge in [0, 0.05) is 43.3 Å². The Morgan fingerprint density at radius 2 is 2.13 bits per heavy atom. The van der Waals surface area contributed by atoms with Crippen LogP contribution in [0.15, 0.2) is 18.2 Å². The van der Waals surface area contributed by atoms with E-state index in [1.807, 2.05) is 0 Å². The van der Waals surface area contributed by atoms with Crippen LogP contribution in [0, 0.1) is 18.8 Å². The van der Waals surface area contributed by atoms with Crippen molar-refractivity contribution in [3.63, 3.8) is 0 Å². The second kappa shape index (κ2) is 5.09. The molecular weight excluding hydrogens is 284 g/mol. The van der Waals surface area contributed by atoms with Crippen molar-refractivity contribution >= 4 is 10.9 Å². The fourth-order valence-electron chi connectivity index (χ4n) is 5.35. The molecule has 23 heavy (non-hydrogen) atoms. The molecule has 4 heterocycles. The van der Waals surface area contributed by atoms with Gasteiger partial charge in [-0.15, -0.1) is 0 Å². The lowest BCUT2D eigenvalue weighted by atomic mass is 9.76. The Kier molecular flexibility index (Phi) is 3.11. The smallest absolute Gasteiger partial charge is 0.0509 e. The van der Waals surface area contributed by atoms with Gasteiger partial charge in [0.2, 0.25) is 0 Å². The third kappa shape index (κ3) is 2.03. The van der Waals surface area contributed by atoms with Gasteiger partial charge in [-0.3, -0.25) is 4.90 Å². The molecule has 3 nitrogen and oxygen atoms in total. The number of rotatable bonds is 0. The molecule has 3 aliphatic heterocycles. The van der Waals surface area contributed by atoms with Gasteiger partial charge in [0.05, 0.1) is 12.6 Å². The average Bonchev–Trinajstić information content (AvgIpc) is 2.85. The quantitative estimate of drug-likeness (QED) is 0.741. The Bertz CT molecular complexity index is 763. The van der Waals surface area contributed by atoms with Crippen molar-refractivity contribution in [2.75, 3.05) is 26.3 Å². The molecule has 2 fully saturated rings. The first-order chi connectivity index (χ1) is 11.2. The van der Waals surface area contributed by atoms with E-state index >= 15 is 0 Å². The third-order valence-electron chi connectivity index (χ3n) is 6.54. The first-order valence-electron chi connectivity index (χ1n) is 9.12. The molecule has 3 heteroatoms. The van der Waals surface area contributed by atoms with Crippen molar-refractivity contribution in [3.8, 4) is 0 Å². The summed E-state index contributed by atoms with van der Waals surface area (Å²) in [6.45, 7) is 6.61. The number of hydrogen-bond acceptors (Lipinski definition) is 2. The first kappa shape index (κ1) is 14.1. The SMILES string of the molecule is Cc1ccc2c(c1)c1c(n2C)[C@@H]2C[C@@H]3CCOC[C@H]3CN2CC1. The Morgan fingerprint density at radius 1 is 1.22 bits per heavy atom. The summed E-state index contributed by atoms with van der Waals surface area (Å²) in [7, 11) is 2.27. The van der Waals surface area contributed by atoms with Gasteiger partial charge < -0.3 is 9.30 Å². The average molecular weight is 310 g/mol. The van der Waals surface area contributed by atoms with Gasteiger partial charge in [-0.2, -0.15) is 0 Å². The highest BCUT2D eigenvalue weighted by atomic mass is 16.5.